The topological polar surface area (TPSA) is 29.5 Å². The van der Waals surface area contributed by atoms with Crippen LogP contribution in [-0.2, 0) is 16.0 Å². The summed E-state index contributed by atoms with van der Waals surface area (Å²) in [5.74, 6) is -0.189. The standard InChI is InChI=1S/C16H25NO2/c1-7-12-8-10-13(11-9-12)14(17(4)5)16(2,3)15(18)19-6/h8-11,14H,7H2,1-6H3. The summed E-state index contributed by atoms with van der Waals surface area (Å²) < 4.78 is 4.95. The number of ether oxygens (including phenoxy) is 1. The Bertz CT molecular complexity index is 421. The van der Waals surface area contributed by atoms with E-state index in [9.17, 15) is 4.79 Å². The number of hydrogen-bond acceptors (Lipinski definition) is 3. The van der Waals surface area contributed by atoms with Gasteiger partial charge in [-0.2, -0.15) is 0 Å². The van der Waals surface area contributed by atoms with Crippen LogP contribution in [0.5, 0.6) is 0 Å². The second kappa shape index (κ2) is 6.20. The van der Waals surface area contributed by atoms with Crippen molar-refractivity contribution in [2.24, 2.45) is 5.41 Å². The molecule has 1 aromatic rings. The average molecular weight is 263 g/mol. The largest absolute Gasteiger partial charge is 0.469 e. The summed E-state index contributed by atoms with van der Waals surface area (Å²) in [5, 5.41) is 0. The molecule has 1 unspecified atom stereocenters. The zero-order valence-corrected chi connectivity index (χ0v) is 12.9. The summed E-state index contributed by atoms with van der Waals surface area (Å²) in [6, 6.07) is 8.45. The van der Waals surface area contributed by atoms with Crippen LogP contribution in [-0.4, -0.2) is 32.1 Å². The van der Waals surface area contributed by atoms with Gasteiger partial charge in [-0.3, -0.25) is 4.79 Å². The maximum Gasteiger partial charge on any atom is 0.313 e. The summed E-state index contributed by atoms with van der Waals surface area (Å²) in [4.78, 5) is 14.1. The molecule has 0 heterocycles. The smallest absolute Gasteiger partial charge is 0.313 e. The minimum absolute atomic E-state index is 0.00847. The Balaban J connectivity index is 3.16. The van der Waals surface area contributed by atoms with Crippen molar-refractivity contribution >= 4 is 5.97 Å². The normalized spacial score (nSPS) is 13.4. The van der Waals surface area contributed by atoms with Crippen LogP contribution < -0.4 is 0 Å². The maximum absolute atomic E-state index is 12.0. The monoisotopic (exact) mass is 263 g/mol. The maximum atomic E-state index is 12.0. The van der Waals surface area contributed by atoms with E-state index in [0.717, 1.165) is 12.0 Å². The first-order valence-corrected chi connectivity index (χ1v) is 6.68. The van der Waals surface area contributed by atoms with Crippen molar-refractivity contribution in [2.45, 2.75) is 33.2 Å². The molecule has 0 amide bonds. The average Bonchev–Trinajstić information content (AvgIpc) is 2.37. The first kappa shape index (κ1) is 15.7. The van der Waals surface area contributed by atoms with Gasteiger partial charge in [0.1, 0.15) is 0 Å². The molecule has 0 saturated carbocycles. The minimum Gasteiger partial charge on any atom is -0.469 e. The number of benzene rings is 1. The first-order chi connectivity index (χ1) is 8.84. The van der Waals surface area contributed by atoms with Crippen LogP contribution in [0.15, 0.2) is 24.3 Å². The zero-order valence-electron chi connectivity index (χ0n) is 12.9. The van der Waals surface area contributed by atoms with Gasteiger partial charge in [0.15, 0.2) is 0 Å². The number of rotatable bonds is 5. The highest BCUT2D eigenvalue weighted by Gasteiger charge is 2.40. The number of aryl methyl sites for hydroxylation is 1. The van der Waals surface area contributed by atoms with Crippen molar-refractivity contribution in [3.8, 4) is 0 Å². The third-order valence-electron chi connectivity index (χ3n) is 3.62. The van der Waals surface area contributed by atoms with Crippen LogP contribution >= 0.6 is 0 Å². The molecule has 0 fully saturated rings. The van der Waals surface area contributed by atoms with E-state index in [-0.39, 0.29) is 12.0 Å². The molecule has 0 aliphatic carbocycles. The number of hydrogen-bond donors (Lipinski definition) is 0. The highest BCUT2D eigenvalue weighted by Crippen LogP contribution is 2.38. The summed E-state index contributed by atoms with van der Waals surface area (Å²) >= 11 is 0. The van der Waals surface area contributed by atoms with Crippen LogP contribution in [0.4, 0.5) is 0 Å². The third kappa shape index (κ3) is 3.35. The number of esters is 1. The fourth-order valence-electron chi connectivity index (χ4n) is 2.67. The number of carbonyl (C=O) groups is 1. The molecule has 1 aromatic carbocycles. The van der Waals surface area contributed by atoms with Crippen molar-refractivity contribution in [3.63, 3.8) is 0 Å². The van der Waals surface area contributed by atoms with Gasteiger partial charge in [0.2, 0.25) is 0 Å². The molecule has 0 spiro atoms. The highest BCUT2D eigenvalue weighted by atomic mass is 16.5. The fraction of sp³-hybridized carbons (Fsp3) is 0.562. The molecule has 3 heteroatoms. The lowest BCUT2D eigenvalue weighted by atomic mass is 9.79. The lowest BCUT2D eigenvalue weighted by molar-refractivity contribution is -0.154. The molecule has 0 saturated heterocycles. The van der Waals surface area contributed by atoms with Gasteiger partial charge in [-0.1, -0.05) is 31.2 Å². The Hall–Kier alpha value is -1.35. The second-order valence-corrected chi connectivity index (χ2v) is 5.67. The van der Waals surface area contributed by atoms with E-state index < -0.39 is 5.41 Å². The molecule has 1 rings (SSSR count). The number of carbonyl (C=O) groups excluding carboxylic acids is 1. The van der Waals surface area contributed by atoms with Crippen LogP contribution in [0.25, 0.3) is 0 Å². The molecule has 19 heavy (non-hydrogen) atoms. The summed E-state index contributed by atoms with van der Waals surface area (Å²) in [6.45, 7) is 5.99. The first-order valence-electron chi connectivity index (χ1n) is 6.68. The highest BCUT2D eigenvalue weighted by molar-refractivity contribution is 5.77. The van der Waals surface area contributed by atoms with Gasteiger partial charge >= 0.3 is 5.97 Å². The summed E-state index contributed by atoms with van der Waals surface area (Å²) in [5.41, 5.74) is 1.85. The molecule has 1 atom stereocenters. The van der Waals surface area contributed by atoms with Crippen LogP contribution in [0.3, 0.4) is 0 Å². The number of methoxy groups -OCH3 is 1. The molecule has 0 radical (unpaired) electrons. The van der Waals surface area contributed by atoms with E-state index in [4.69, 9.17) is 4.74 Å². The number of nitrogens with zero attached hydrogens (tertiary/aromatic N) is 1. The Labute approximate surface area is 116 Å². The Morgan fingerprint density at radius 1 is 1.26 bits per heavy atom. The lowest BCUT2D eigenvalue weighted by Crippen LogP contribution is -2.40. The lowest BCUT2D eigenvalue weighted by Gasteiger charge is -2.36. The van der Waals surface area contributed by atoms with Gasteiger partial charge in [-0.25, -0.2) is 0 Å². The van der Waals surface area contributed by atoms with Gasteiger partial charge < -0.3 is 9.64 Å². The van der Waals surface area contributed by atoms with E-state index in [2.05, 4.69) is 36.1 Å². The molecule has 0 aromatic heterocycles. The van der Waals surface area contributed by atoms with Gasteiger partial charge in [-0.15, -0.1) is 0 Å². The van der Waals surface area contributed by atoms with Crippen LogP contribution in [0.1, 0.15) is 37.9 Å². The summed E-state index contributed by atoms with van der Waals surface area (Å²) in [7, 11) is 5.42. The minimum atomic E-state index is -0.591. The van der Waals surface area contributed by atoms with Gasteiger partial charge in [0.25, 0.3) is 0 Å². The SMILES string of the molecule is CCc1ccc(C(N(C)C)C(C)(C)C(=O)OC)cc1. The Kier molecular flexibility index (Phi) is 5.12. The van der Waals surface area contributed by atoms with Crippen molar-refractivity contribution in [1.29, 1.82) is 0 Å². The Morgan fingerprint density at radius 2 is 1.79 bits per heavy atom. The van der Waals surface area contributed by atoms with Crippen molar-refractivity contribution in [1.82, 2.24) is 4.90 Å². The zero-order chi connectivity index (χ0) is 14.6. The van der Waals surface area contributed by atoms with Gasteiger partial charge in [0, 0.05) is 6.04 Å². The van der Waals surface area contributed by atoms with Gasteiger partial charge in [-0.05, 0) is 45.5 Å². The molecule has 0 N–H and O–H groups in total. The van der Waals surface area contributed by atoms with E-state index >= 15 is 0 Å². The van der Waals surface area contributed by atoms with E-state index in [0.29, 0.717) is 0 Å². The fourth-order valence-corrected chi connectivity index (χ4v) is 2.67. The molecular formula is C16H25NO2. The molecule has 0 bridgehead atoms. The second-order valence-electron chi connectivity index (χ2n) is 5.67. The molecule has 106 valence electrons. The predicted molar refractivity (Wildman–Crippen MR) is 78.0 cm³/mol. The molecule has 3 nitrogen and oxygen atoms in total. The van der Waals surface area contributed by atoms with E-state index in [1.165, 1.54) is 12.7 Å². The third-order valence-corrected chi connectivity index (χ3v) is 3.62. The van der Waals surface area contributed by atoms with Crippen molar-refractivity contribution < 1.29 is 9.53 Å². The molecular weight excluding hydrogens is 238 g/mol. The molecule has 0 aliphatic heterocycles. The molecule has 0 aliphatic rings. The van der Waals surface area contributed by atoms with Crippen molar-refractivity contribution in [3.05, 3.63) is 35.4 Å². The summed E-state index contributed by atoms with van der Waals surface area (Å²) in [6.07, 6.45) is 1.02. The van der Waals surface area contributed by atoms with E-state index in [1.807, 2.05) is 27.9 Å². The van der Waals surface area contributed by atoms with E-state index in [1.54, 1.807) is 0 Å². The Morgan fingerprint density at radius 3 is 2.16 bits per heavy atom. The van der Waals surface area contributed by atoms with Crippen LogP contribution in [0.2, 0.25) is 0 Å². The van der Waals surface area contributed by atoms with Gasteiger partial charge in [0.05, 0.1) is 12.5 Å². The predicted octanol–water partition coefficient (Wildman–Crippen LogP) is 3.05. The van der Waals surface area contributed by atoms with Crippen LogP contribution in [0, 0.1) is 5.41 Å². The quantitative estimate of drug-likeness (QED) is 0.765. The van der Waals surface area contributed by atoms with Crippen molar-refractivity contribution in [2.75, 3.05) is 21.2 Å².